The van der Waals surface area contributed by atoms with Gasteiger partial charge in [-0.05, 0) is 31.2 Å². The second-order valence-corrected chi connectivity index (χ2v) is 7.23. The lowest BCUT2D eigenvalue weighted by molar-refractivity contribution is -0.133. The molecule has 8 heteroatoms. The van der Waals surface area contributed by atoms with Crippen molar-refractivity contribution in [3.63, 3.8) is 0 Å². The van der Waals surface area contributed by atoms with Crippen LogP contribution in [0.3, 0.4) is 0 Å². The number of anilines is 1. The highest BCUT2D eigenvalue weighted by atomic mass is 16.2. The summed E-state index contributed by atoms with van der Waals surface area (Å²) >= 11 is 0. The minimum absolute atomic E-state index is 0.0251. The first-order valence-electron chi connectivity index (χ1n) is 10.5. The molecular formula is C24H25N5O3. The molecule has 3 rings (SSSR count). The Kier molecular flexibility index (Phi) is 7.70. The summed E-state index contributed by atoms with van der Waals surface area (Å²) < 4.78 is 0. The predicted molar refractivity (Wildman–Crippen MR) is 122 cm³/mol. The van der Waals surface area contributed by atoms with E-state index in [2.05, 4.69) is 16.0 Å². The molecule has 0 fully saturated rings. The Morgan fingerprint density at radius 1 is 1.03 bits per heavy atom. The SMILES string of the molecule is CCN(Cc1nc2ccccc2c(=O)[nH]1)C(=O)CCC(=O)N(CCC#N)c1ccccc1. The molecule has 0 radical (unpaired) electrons. The van der Waals surface area contributed by atoms with Gasteiger partial charge in [-0.3, -0.25) is 14.4 Å². The molecule has 0 atom stereocenters. The van der Waals surface area contributed by atoms with Crippen LogP contribution in [-0.4, -0.2) is 39.8 Å². The molecule has 0 saturated heterocycles. The molecule has 1 heterocycles. The number of H-pyrrole nitrogens is 1. The molecule has 1 N–H and O–H groups in total. The Morgan fingerprint density at radius 2 is 1.72 bits per heavy atom. The summed E-state index contributed by atoms with van der Waals surface area (Å²) in [4.78, 5) is 48.1. The number of hydrogen-bond acceptors (Lipinski definition) is 5. The van der Waals surface area contributed by atoms with Gasteiger partial charge in [0, 0.05) is 31.6 Å². The van der Waals surface area contributed by atoms with Gasteiger partial charge in [0.25, 0.3) is 5.56 Å². The average molecular weight is 431 g/mol. The van der Waals surface area contributed by atoms with Crippen LogP contribution < -0.4 is 10.5 Å². The number of nitrogens with zero attached hydrogens (tertiary/aromatic N) is 4. The van der Waals surface area contributed by atoms with E-state index in [0.29, 0.717) is 29.0 Å². The third-order valence-electron chi connectivity index (χ3n) is 5.11. The van der Waals surface area contributed by atoms with Gasteiger partial charge in [-0.15, -0.1) is 0 Å². The molecule has 32 heavy (non-hydrogen) atoms. The smallest absolute Gasteiger partial charge is 0.258 e. The number of carbonyl (C=O) groups is 2. The van der Waals surface area contributed by atoms with Gasteiger partial charge in [-0.2, -0.15) is 5.26 Å². The van der Waals surface area contributed by atoms with Gasteiger partial charge in [0.15, 0.2) is 0 Å². The first-order valence-corrected chi connectivity index (χ1v) is 10.5. The fourth-order valence-corrected chi connectivity index (χ4v) is 3.44. The van der Waals surface area contributed by atoms with Gasteiger partial charge < -0.3 is 14.8 Å². The van der Waals surface area contributed by atoms with Crippen LogP contribution in [0.15, 0.2) is 59.4 Å². The normalized spacial score (nSPS) is 10.5. The second-order valence-electron chi connectivity index (χ2n) is 7.23. The van der Waals surface area contributed by atoms with E-state index in [0.717, 1.165) is 0 Å². The van der Waals surface area contributed by atoms with Crippen molar-refractivity contribution in [2.75, 3.05) is 18.0 Å². The molecule has 0 saturated carbocycles. The molecule has 2 amide bonds. The summed E-state index contributed by atoms with van der Waals surface area (Å²) in [5, 5.41) is 9.41. The number of hydrogen-bond donors (Lipinski definition) is 1. The molecule has 0 aliphatic heterocycles. The molecule has 8 nitrogen and oxygen atoms in total. The summed E-state index contributed by atoms with van der Waals surface area (Å²) in [6, 6.07) is 18.2. The zero-order chi connectivity index (χ0) is 22.9. The summed E-state index contributed by atoms with van der Waals surface area (Å²) in [5.74, 6) is -0.0202. The molecule has 0 aliphatic rings. The van der Waals surface area contributed by atoms with Crippen molar-refractivity contribution in [1.29, 1.82) is 5.26 Å². The minimum Gasteiger partial charge on any atom is -0.335 e. The maximum atomic E-state index is 12.8. The first-order chi connectivity index (χ1) is 15.5. The summed E-state index contributed by atoms with van der Waals surface area (Å²) in [6.07, 6.45) is 0.258. The van der Waals surface area contributed by atoms with E-state index in [-0.39, 0.29) is 49.7 Å². The highest BCUT2D eigenvalue weighted by Gasteiger charge is 2.20. The van der Waals surface area contributed by atoms with Crippen molar-refractivity contribution in [3.05, 3.63) is 70.8 Å². The van der Waals surface area contributed by atoms with Crippen molar-refractivity contribution in [2.45, 2.75) is 32.7 Å². The summed E-state index contributed by atoms with van der Waals surface area (Å²) in [7, 11) is 0. The summed E-state index contributed by atoms with van der Waals surface area (Å²) in [5.41, 5.74) is 1.02. The largest absolute Gasteiger partial charge is 0.335 e. The first kappa shape index (κ1) is 22.7. The zero-order valence-corrected chi connectivity index (χ0v) is 18.0. The second kappa shape index (κ2) is 10.9. The van der Waals surface area contributed by atoms with Crippen molar-refractivity contribution < 1.29 is 9.59 Å². The maximum absolute atomic E-state index is 12.8. The molecule has 0 aliphatic carbocycles. The third-order valence-corrected chi connectivity index (χ3v) is 5.11. The Hall–Kier alpha value is -3.99. The molecule has 0 bridgehead atoms. The van der Waals surface area contributed by atoms with Gasteiger partial charge >= 0.3 is 0 Å². The third kappa shape index (κ3) is 5.58. The van der Waals surface area contributed by atoms with Gasteiger partial charge in [0.05, 0.1) is 29.9 Å². The number of carbonyl (C=O) groups excluding carboxylic acids is 2. The van der Waals surface area contributed by atoms with Crippen LogP contribution in [0.5, 0.6) is 0 Å². The van der Waals surface area contributed by atoms with Crippen LogP contribution in [0.25, 0.3) is 10.9 Å². The van der Waals surface area contributed by atoms with E-state index >= 15 is 0 Å². The lowest BCUT2D eigenvalue weighted by Gasteiger charge is -2.23. The number of nitriles is 1. The van der Waals surface area contributed by atoms with E-state index in [9.17, 15) is 14.4 Å². The van der Waals surface area contributed by atoms with Gasteiger partial charge in [0.2, 0.25) is 11.8 Å². The molecule has 2 aromatic carbocycles. The quantitative estimate of drug-likeness (QED) is 0.560. The lowest BCUT2D eigenvalue weighted by atomic mass is 10.2. The fraction of sp³-hybridized carbons (Fsp3) is 0.292. The number of aromatic amines is 1. The van der Waals surface area contributed by atoms with Crippen LogP contribution in [0.2, 0.25) is 0 Å². The molecule has 164 valence electrons. The standard InChI is InChI=1S/C24H25N5O3/c1-2-28(17-21-26-20-12-7-6-11-19(20)24(32)27-21)22(30)13-14-23(31)29(16-8-15-25)18-9-4-3-5-10-18/h3-7,9-12H,2,8,13-14,16-17H2,1H3,(H,26,27,32). The van der Waals surface area contributed by atoms with Crippen molar-refractivity contribution in [3.8, 4) is 6.07 Å². The van der Waals surface area contributed by atoms with Crippen molar-refractivity contribution >= 4 is 28.4 Å². The molecule has 1 aromatic heterocycles. The Balaban J connectivity index is 1.66. The number of fused-ring (bicyclic) bond motifs is 1. The predicted octanol–water partition coefficient (Wildman–Crippen LogP) is 3.00. The van der Waals surface area contributed by atoms with E-state index in [1.807, 2.05) is 25.1 Å². The van der Waals surface area contributed by atoms with Gasteiger partial charge in [-0.25, -0.2) is 4.98 Å². The van der Waals surface area contributed by atoms with Crippen LogP contribution in [0.4, 0.5) is 5.69 Å². The number of para-hydroxylation sites is 2. The van der Waals surface area contributed by atoms with Crippen LogP contribution in [0.1, 0.15) is 32.0 Å². The highest BCUT2D eigenvalue weighted by Crippen LogP contribution is 2.16. The average Bonchev–Trinajstić information content (AvgIpc) is 2.82. The minimum atomic E-state index is -0.250. The molecular weight excluding hydrogens is 406 g/mol. The lowest BCUT2D eigenvalue weighted by Crippen LogP contribution is -2.35. The van der Waals surface area contributed by atoms with Gasteiger partial charge in [0.1, 0.15) is 5.82 Å². The van der Waals surface area contributed by atoms with Crippen molar-refractivity contribution in [2.24, 2.45) is 0 Å². The van der Waals surface area contributed by atoms with E-state index in [1.165, 1.54) is 4.90 Å². The number of nitrogens with one attached hydrogen (secondary N) is 1. The van der Waals surface area contributed by atoms with E-state index < -0.39 is 0 Å². The van der Waals surface area contributed by atoms with Gasteiger partial charge in [-0.1, -0.05) is 30.3 Å². The number of rotatable bonds is 9. The molecule has 3 aromatic rings. The van der Waals surface area contributed by atoms with Crippen molar-refractivity contribution in [1.82, 2.24) is 14.9 Å². The molecule has 0 spiro atoms. The fourth-order valence-electron chi connectivity index (χ4n) is 3.44. The maximum Gasteiger partial charge on any atom is 0.258 e. The Morgan fingerprint density at radius 3 is 2.44 bits per heavy atom. The Labute approximate surface area is 186 Å². The van der Waals surface area contributed by atoms with Crippen LogP contribution >= 0.6 is 0 Å². The highest BCUT2D eigenvalue weighted by molar-refractivity contribution is 5.95. The summed E-state index contributed by atoms with van der Waals surface area (Å²) in [6.45, 7) is 2.68. The topological polar surface area (TPSA) is 110 Å². The molecule has 0 unspecified atom stereocenters. The zero-order valence-electron chi connectivity index (χ0n) is 18.0. The van der Waals surface area contributed by atoms with E-state index in [4.69, 9.17) is 5.26 Å². The van der Waals surface area contributed by atoms with Crippen LogP contribution in [-0.2, 0) is 16.1 Å². The number of aromatic nitrogens is 2. The van der Waals surface area contributed by atoms with E-state index in [1.54, 1.807) is 41.3 Å². The Bertz CT molecular complexity index is 1180. The van der Waals surface area contributed by atoms with Crippen LogP contribution in [0, 0.1) is 11.3 Å². The number of benzene rings is 2. The monoisotopic (exact) mass is 431 g/mol. The number of amides is 2.